The summed E-state index contributed by atoms with van der Waals surface area (Å²) in [7, 11) is -0.550. The Labute approximate surface area is 146 Å². The number of anilines is 1. The standard InChI is InChI=1S/C17H17ClN2O3S/c1-20(2)24(22,23)16-9-7-15(8-10-16)19-17(21)11-6-13-4-3-5-14(18)12-13/h3-12H,1-2H3,(H,19,21)/b11-6+. The summed E-state index contributed by atoms with van der Waals surface area (Å²) >= 11 is 5.88. The molecule has 1 amide bonds. The van der Waals surface area contributed by atoms with Crippen LogP contribution >= 0.6 is 11.6 Å². The molecule has 0 radical (unpaired) electrons. The number of benzene rings is 2. The van der Waals surface area contributed by atoms with Crippen LogP contribution in [0.5, 0.6) is 0 Å². The molecule has 7 heteroatoms. The molecule has 0 bridgehead atoms. The zero-order valence-electron chi connectivity index (χ0n) is 13.2. The number of rotatable bonds is 5. The van der Waals surface area contributed by atoms with Crippen molar-refractivity contribution in [2.45, 2.75) is 4.90 Å². The van der Waals surface area contributed by atoms with Gasteiger partial charge in [-0.2, -0.15) is 0 Å². The van der Waals surface area contributed by atoms with E-state index in [-0.39, 0.29) is 10.8 Å². The molecule has 0 atom stereocenters. The summed E-state index contributed by atoms with van der Waals surface area (Å²) in [6.45, 7) is 0. The molecule has 1 N–H and O–H groups in total. The fourth-order valence-corrected chi connectivity index (χ4v) is 2.99. The molecule has 0 aliphatic heterocycles. The molecule has 24 heavy (non-hydrogen) atoms. The number of hydrogen-bond donors (Lipinski definition) is 1. The molecule has 0 unspecified atom stereocenters. The number of halogens is 1. The van der Waals surface area contributed by atoms with E-state index in [1.807, 2.05) is 6.07 Å². The SMILES string of the molecule is CN(C)S(=O)(=O)c1ccc(NC(=O)/C=C/c2cccc(Cl)c2)cc1. The molecular weight excluding hydrogens is 348 g/mol. The lowest BCUT2D eigenvalue weighted by Crippen LogP contribution is -2.22. The van der Waals surface area contributed by atoms with E-state index in [4.69, 9.17) is 11.6 Å². The summed E-state index contributed by atoms with van der Waals surface area (Å²) in [5.41, 5.74) is 1.32. The summed E-state index contributed by atoms with van der Waals surface area (Å²) < 4.78 is 25.1. The monoisotopic (exact) mass is 364 g/mol. The zero-order chi connectivity index (χ0) is 17.7. The van der Waals surface area contributed by atoms with Crippen LogP contribution in [-0.2, 0) is 14.8 Å². The van der Waals surface area contributed by atoms with E-state index in [2.05, 4.69) is 5.32 Å². The number of carbonyl (C=O) groups is 1. The van der Waals surface area contributed by atoms with E-state index < -0.39 is 10.0 Å². The normalized spacial score (nSPS) is 11.8. The van der Waals surface area contributed by atoms with Gasteiger partial charge >= 0.3 is 0 Å². The molecular formula is C17H17ClN2O3S. The number of carbonyl (C=O) groups excluding carboxylic acids is 1. The second-order valence-corrected chi connectivity index (χ2v) is 7.78. The summed E-state index contributed by atoms with van der Waals surface area (Å²) in [5, 5.41) is 3.26. The number of nitrogens with zero attached hydrogens (tertiary/aromatic N) is 1. The Hall–Kier alpha value is -2.15. The van der Waals surface area contributed by atoms with Crippen molar-refractivity contribution in [2.24, 2.45) is 0 Å². The average molecular weight is 365 g/mol. The maximum Gasteiger partial charge on any atom is 0.248 e. The number of sulfonamides is 1. The van der Waals surface area contributed by atoms with Crippen LogP contribution in [0.4, 0.5) is 5.69 Å². The molecule has 0 aromatic heterocycles. The van der Waals surface area contributed by atoms with E-state index in [0.717, 1.165) is 9.87 Å². The molecule has 5 nitrogen and oxygen atoms in total. The van der Waals surface area contributed by atoms with Crippen LogP contribution in [0.2, 0.25) is 5.02 Å². The van der Waals surface area contributed by atoms with Crippen LogP contribution in [0.3, 0.4) is 0 Å². The van der Waals surface area contributed by atoms with E-state index >= 15 is 0 Å². The highest BCUT2D eigenvalue weighted by Gasteiger charge is 2.16. The number of amides is 1. The Morgan fingerprint density at radius 2 is 1.79 bits per heavy atom. The van der Waals surface area contributed by atoms with Crippen molar-refractivity contribution in [3.05, 3.63) is 65.2 Å². The van der Waals surface area contributed by atoms with Crippen molar-refractivity contribution in [1.29, 1.82) is 0 Å². The van der Waals surface area contributed by atoms with Gasteiger partial charge in [-0.25, -0.2) is 12.7 Å². The minimum Gasteiger partial charge on any atom is -0.323 e. The van der Waals surface area contributed by atoms with Crippen molar-refractivity contribution >= 4 is 39.3 Å². The third-order valence-corrected chi connectivity index (χ3v) is 5.24. The lowest BCUT2D eigenvalue weighted by molar-refractivity contribution is -0.111. The molecule has 0 saturated heterocycles. The van der Waals surface area contributed by atoms with E-state index in [1.165, 1.54) is 32.3 Å². The minimum absolute atomic E-state index is 0.167. The molecule has 2 aromatic carbocycles. The highest BCUT2D eigenvalue weighted by atomic mass is 35.5. The Morgan fingerprint density at radius 3 is 2.38 bits per heavy atom. The first-order valence-corrected chi connectivity index (χ1v) is 8.88. The van der Waals surface area contributed by atoms with Crippen LogP contribution in [0.15, 0.2) is 59.5 Å². The Kier molecular flexibility index (Phi) is 5.77. The smallest absolute Gasteiger partial charge is 0.248 e. The quantitative estimate of drug-likeness (QED) is 0.828. The van der Waals surface area contributed by atoms with Crippen LogP contribution in [0, 0.1) is 0 Å². The first-order valence-electron chi connectivity index (χ1n) is 7.06. The lowest BCUT2D eigenvalue weighted by atomic mass is 10.2. The van der Waals surface area contributed by atoms with Gasteiger partial charge in [0.1, 0.15) is 0 Å². The van der Waals surface area contributed by atoms with Gasteiger partial charge in [-0.15, -0.1) is 0 Å². The van der Waals surface area contributed by atoms with Crippen molar-refractivity contribution in [2.75, 3.05) is 19.4 Å². The maximum absolute atomic E-state index is 12.0. The Morgan fingerprint density at radius 1 is 1.12 bits per heavy atom. The summed E-state index contributed by atoms with van der Waals surface area (Å²) in [4.78, 5) is 12.1. The van der Waals surface area contributed by atoms with Gasteiger partial charge < -0.3 is 5.32 Å². The second kappa shape index (κ2) is 7.61. The second-order valence-electron chi connectivity index (χ2n) is 5.19. The van der Waals surface area contributed by atoms with Gasteiger partial charge in [0.15, 0.2) is 0 Å². The topological polar surface area (TPSA) is 66.5 Å². The van der Waals surface area contributed by atoms with E-state index in [0.29, 0.717) is 10.7 Å². The largest absolute Gasteiger partial charge is 0.323 e. The van der Waals surface area contributed by atoms with E-state index in [1.54, 1.807) is 36.4 Å². The maximum atomic E-state index is 12.0. The fraction of sp³-hybridized carbons (Fsp3) is 0.118. The van der Waals surface area contributed by atoms with E-state index in [9.17, 15) is 13.2 Å². The molecule has 2 rings (SSSR count). The van der Waals surface area contributed by atoms with Gasteiger partial charge in [0.2, 0.25) is 15.9 Å². The van der Waals surface area contributed by atoms with Crippen molar-refractivity contribution < 1.29 is 13.2 Å². The fourth-order valence-electron chi connectivity index (χ4n) is 1.89. The van der Waals surface area contributed by atoms with Gasteiger partial charge in [0, 0.05) is 30.9 Å². The molecule has 126 valence electrons. The molecule has 0 heterocycles. The van der Waals surface area contributed by atoms with Gasteiger partial charge in [0.25, 0.3) is 0 Å². The number of hydrogen-bond acceptors (Lipinski definition) is 3. The van der Waals surface area contributed by atoms with Gasteiger partial charge in [-0.05, 0) is 48.0 Å². The molecule has 0 fully saturated rings. The summed E-state index contributed by atoms with van der Waals surface area (Å²) in [6.07, 6.45) is 3.03. The highest BCUT2D eigenvalue weighted by molar-refractivity contribution is 7.89. The molecule has 2 aromatic rings. The van der Waals surface area contributed by atoms with Crippen LogP contribution < -0.4 is 5.32 Å². The Balaban J connectivity index is 2.05. The predicted molar refractivity (Wildman–Crippen MR) is 96.4 cm³/mol. The first kappa shape index (κ1) is 18.2. The molecule has 0 spiro atoms. The van der Waals surface area contributed by atoms with Gasteiger partial charge in [-0.1, -0.05) is 23.7 Å². The molecule has 0 saturated carbocycles. The summed E-state index contributed by atoms with van der Waals surface area (Å²) in [5.74, 6) is -0.321. The lowest BCUT2D eigenvalue weighted by Gasteiger charge is -2.11. The Bertz CT molecular complexity index is 860. The van der Waals surface area contributed by atoms with Crippen molar-refractivity contribution in [3.63, 3.8) is 0 Å². The molecule has 0 aliphatic rings. The highest BCUT2D eigenvalue weighted by Crippen LogP contribution is 2.17. The minimum atomic E-state index is -3.48. The molecule has 0 aliphatic carbocycles. The summed E-state index contributed by atoms with van der Waals surface area (Å²) in [6, 6.07) is 13.1. The first-order chi connectivity index (χ1) is 11.3. The predicted octanol–water partition coefficient (Wildman–Crippen LogP) is 3.24. The van der Waals surface area contributed by atoms with Crippen LogP contribution in [-0.4, -0.2) is 32.7 Å². The van der Waals surface area contributed by atoms with Crippen molar-refractivity contribution in [3.8, 4) is 0 Å². The zero-order valence-corrected chi connectivity index (χ0v) is 14.8. The number of nitrogens with one attached hydrogen (secondary N) is 1. The average Bonchev–Trinajstić information content (AvgIpc) is 2.53. The van der Waals surface area contributed by atoms with Crippen molar-refractivity contribution in [1.82, 2.24) is 4.31 Å². The van der Waals surface area contributed by atoms with Gasteiger partial charge in [-0.3, -0.25) is 4.79 Å². The van der Waals surface area contributed by atoms with Gasteiger partial charge in [0.05, 0.1) is 4.90 Å². The third kappa shape index (κ3) is 4.67. The van der Waals surface area contributed by atoms with Crippen LogP contribution in [0.25, 0.3) is 6.08 Å². The third-order valence-electron chi connectivity index (χ3n) is 3.18. The van der Waals surface area contributed by atoms with Crippen LogP contribution in [0.1, 0.15) is 5.56 Å².